The number of hydrogen-bond donors (Lipinski definition) is 1. The van der Waals surface area contributed by atoms with Crippen LogP contribution in [0, 0.1) is 0 Å². The molecule has 0 aliphatic rings. The number of nitrogens with zero attached hydrogens (tertiary/aromatic N) is 1. The molecule has 2 rings (SSSR count). The van der Waals surface area contributed by atoms with Crippen molar-refractivity contribution >= 4 is 11.8 Å². The summed E-state index contributed by atoms with van der Waals surface area (Å²) in [6.07, 6.45) is 2.33. The fraction of sp³-hybridized carbons (Fsp3) is 0.368. The predicted octanol–water partition coefficient (Wildman–Crippen LogP) is 2.25. The van der Waals surface area contributed by atoms with Crippen molar-refractivity contribution in [2.75, 3.05) is 26.8 Å². The van der Waals surface area contributed by atoms with Crippen molar-refractivity contribution in [2.24, 2.45) is 0 Å². The van der Waals surface area contributed by atoms with Crippen molar-refractivity contribution < 1.29 is 18.7 Å². The van der Waals surface area contributed by atoms with Crippen LogP contribution in [0.15, 0.2) is 47.1 Å². The second kappa shape index (κ2) is 9.64. The summed E-state index contributed by atoms with van der Waals surface area (Å²) >= 11 is 0. The minimum atomic E-state index is -0.0677. The Balaban J connectivity index is 2.00. The molecule has 0 saturated carbocycles. The van der Waals surface area contributed by atoms with Gasteiger partial charge in [-0.25, -0.2) is 0 Å². The Bertz CT molecular complexity index is 665. The summed E-state index contributed by atoms with van der Waals surface area (Å²) in [5.74, 6) is 0.622. The van der Waals surface area contributed by atoms with E-state index < -0.39 is 0 Å². The first-order chi connectivity index (χ1) is 12.1. The molecule has 6 heteroatoms. The number of hydrogen-bond acceptors (Lipinski definition) is 4. The van der Waals surface area contributed by atoms with E-state index in [0.717, 1.165) is 17.7 Å². The number of ether oxygens (including phenoxy) is 1. The minimum absolute atomic E-state index is 0.0430. The average molecular weight is 344 g/mol. The molecule has 0 aliphatic heterocycles. The summed E-state index contributed by atoms with van der Waals surface area (Å²) in [4.78, 5) is 25.4. The van der Waals surface area contributed by atoms with Crippen LogP contribution in [0.25, 0.3) is 0 Å². The van der Waals surface area contributed by atoms with E-state index in [1.807, 2.05) is 30.3 Å². The van der Waals surface area contributed by atoms with E-state index in [4.69, 9.17) is 9.15 Å². The molecule has 0 unspecified atom stereocenters. The van der Waals surface area contributed by atoms with E-state index in [1.165, 1.54) is 6.92 Å². The zero-order valence-electron chi connectivity index (χ0n) is 14.7. The van der Waals surface area contributed by atoms with Crippen molar-refractivity contribution in [2.45, 2.75) is 19.9 Å². The first-order valence-corrected chi connectivity index (χ1v) is 8.24. The van der Waals surface area contributed by atoms with Crippen LogP contribution in [0.4, 0.5) is 0 Å². The van der Waals surface area contributed by atoms with Gasteiger partial charge >= 0.3 is 0 Å². The van der Waals surface area contributed by atoms with Crippen molar-refractivity contribution in [3.63, 3.8) is 0 Å². The fourth-order valence-corrected chi connectivity index (χ4v) is 2.42. The maximum absolute atomic E-state index is 12.8. The Labute approximate surface area is 147 Å². The third kappa shape index (κ3) is 6.08. The molecule has 0 saturated heterocycles. The summed E-state index contributed by atoms with van der Waals surface area (Å²) in [6.45, 7) is 3.43. The van der Waals surface area contributed by atoms with Gasteiger partial charge in [-0.1, -0.05) is 12.1 Å². The van der Waals surface area contributed by atoms with Crippen molar-refractivity contribution in [3.8, 4) is 0 Å². The number of amides is 2. The Morgan fingerprint density at radius 3 is 2.56 bits per heavy atom. The Hall–Kier alpha value is -2.60. The first-order valence-electron chi connectivity index (χ1n) is 8.24. The number of carbonyl (C=O) groups is 2. The minimum Gasteiger partial charge on any atom is -0.467 e. The highest BCUT2D eigenvalue weighted by molar-refractivity contribution is 5.94. The van der Waals surface area contributed by atoms with E-state index in [9.17, 15) is 9.59 Å². The smallest absolute Gasteiger partial charge is 0.254 e. The van der Waals surface area contributed by atoms with Crippen LogP contribution in [0.2, 0.25) is 0 Å². The van der Waals surface area contributed by atoms with Gasteiger partial charge < -0.3 is 19.4 Å². The molecule has 0 aliphatic carbocycles. The van der Waals surface area contributed by atoms with Crippen molar-refractivity contribution in [3.05, 3.63) is 59.5 Å². The lowest BCUT2D eigenvalue weighted by Gasteiger charge is -2.21. The van der Waals surface area contributed by atoms with Crippen molar-refractivity contribution in [1.82, 2.24) is 10.2 Å². The normalized spacial score (nSPS) is 10.5. The molecule has 1 aromatic heterocycles. The molecule has 25 heavy (non-hydrogen) atoms. The SMILES string of the molecule is COCCN(Cc1ccco1)C(=O)c1ccc(CCNC(C)=O)cc1. The number of methoxy groups -OCH3 is 1. The number of rotatable bonds is 9. The van der Waals surface area contributed by atoms with Crippen LogP contribution in [0.1, 0.15) is 28.6 Å². The lowest BCUT2D eigenvalue weighted by atomic mass is 10.1. The Morgan fingerprint density at radius 2 is 1.96 bits per heavy atom. The van der Waals surface area contributed by atoms with E-state index in [2.05, 4.69) is 5.32 Å². The third-order valence-electron chi connectivity index (χ3n) is 3.77. The monoisotopic (exact) mass is 344 g/mol. The number of benzene rings is 1. The topological polar surface area (TPSA) is 71.8 Å². The van der Waals surface area contributed by atoms with Crippen LogP contribution in [-0.2, 0) is 22.5 Å². The largest absolute Gasteiger partial charge is 0.467 e. The second-order valence-corrected chi connectivity index (χ2v) is 5.73. The van der Waals surface area contributed by atoms with Gasteiger partial charge in [-0.3, -0.25) is 9.59 Å². The summed E-state index contributed by atoms with van der Waals surface area (Å²) < 4.78 is 10.4. The molecule has 0 radical (unpaired) electrons. The number of furan rings is 1. The summed E-state index contributed by atoms with van der Waals surface area (Å²) in [7, 11) is 1.61. The molecule has 0 bridgehead atoms. The van der Waals surface area contributed by atoms with Gasteiger partial charge in [0.2, 0.25) is 5.91 Å². The number of nitrogens with one attached hydrogen (secondary N) is 1. The van der Waals surface area contributed by atoms with Gasteiger partial charge in [0.1, 0.15) is 5.76 Å². The van der Waals surface area contributed by atoms with E-state index in [1.54, 1.807) is 24.3 Å². The maximum Gasteiger partial charge on any atom is 0.254 e. The molecule has 0 spiro atoms. The predicted molar refractivity (Wildman–Crippen MR) is 94.2 cm³/mol. The van der Waals surface area contributed by atoms with Gasteiger partial charge in [0.25, 0.3) is 5.91 Å². The fourth-order valence-electron chi connectivity index (χ4n) is 2.42. The van der Waals surface area contributed by atoms with Crippen LogP contribution in [0.5, 0.6) is 0 Å². The Kier molecular flexibility index (Phi) is 7.22. The van der Waals surface area contributed by atoms with Gasteiger partial charge in [-0.15, -0.1) is 0 Å². The zero-order valence-corrected chi connectivity index (χ0v) is 14.7. The van der Waals surface area contributed by atoms with E-state index >= 15 is 0 Å². The molecule has 2 aromatic rings. The van der Waals surface area contributed by atoms with Gasteiger partial charge in [-0.2, -0.15) is 0 Å². The summed E-state index contributed by atoms with van der Waals surface area (Å²) in [5, 5.41) is 2.76. The lowest BCUT2D eigenvalue weighted by Crippen LogP contribution is -2.33. The van der Waals surface area contributed by atoms with Crippen LogP contribution < -0.4 is 5.32 Å². The summed E-state index contributed by atoms with van der Waals surface area (Å²) in [5.41, 5.74) is 1.69. The quantitative estimate of drug-likeness (QED) is 0.757. The molecule has 1 heterocycles. The molecule has 1 N–H and O–H groups in total. The second-order valence-electron chi connectivity index (χ2n) is 5.73. The molecular formula is C19H24N2O4. The van der Waals surface area contributed by atoms with Gasteiger partial charge in [0.05, 0.1) is 19.4 Å². The molecule has 6 nitrogen and oxygen atoms in total. The van der Waals surface area contributed by atoms with E-state index in [-0.39, 0.29) is 11.8 Å². The average Bonchev–Trinajstić information content (AvgIpc) is 3.11. The molecule has 0 atom stereocenters. The Morgan fingerprint density at radius 1 is 1.20 bits per heavy atom. The highest BCUT2D eigenvalue weighted by Crippen LogP contribution is 2.12. The first kappa shape index (κ1) is 18.7. The van der Waals surface area contributed by atoms with Gasteiger partial charge in [0.15, 0.2) is 0 Å². The van der Waals surface area contributed by atoms with Crippen LogP contribution in [-0.4, -0.2) is 43.5 Å². The standard InChI is InChI=1S/C19H24N2O4/c1-15(22)20-10-9-16-5-7-17(8-6-16)19(23)21(11-13-24-2)14-18-4-3-12-25-18/h3-8,12H,9-11,13-14H2,1-2H3,(H,20,22). The van der Waals surface area contributed by atoms with Crippen LogP contribution >= 0.6 is 0 Å². The zero-order chi connectivity index (χ0) is 18.1. The maximum atomic E-state index is 12.8. The van der Waals surface area contributed by atoms with Crippen molar-refractivity contribution in [1.29, 1.82) is 0 Å². The molecule has 134 valence electrons. The molecule has 1 aromatic carbocycles. The van der Waals surface area contributed by atoms with Gasteiger partial charge in [0, 0.05) is 32.7 Å². The van der Waals surface area contributed by atoms with E-state index in [0.29, 0.717) is 31.8 Å². The molecular weight excluding hydrogens is 320 g/mol. The van der Waals surface area contributed by atoms with Gasteiger partial charge in [-0.05, 0) is 36.2 Å². The third-order valence-corrected chi connectivity index (χ3v) is 3.77. The highest BCUT2D eigenvalue weighted by atomic mass is 16.5. The summed E-state index contributed by atoms with van der Waals surface area (Å²) in [6, 6.07) is 11.1. The molecule has 0 fully saturated rings. The number of carbonyl (C=O) groups excluding carboxylic acids is 2. The lowest BCUT2D eigenvalue weighted by molar-refractivity contribution is -0.118. The molecule has 2 amide bonds. The van der Waals surface area contributed by atoms with Crippen LogP contribution in [0.3, 0.4) is 0 Å². The highest BCUT2D eigenvalue weighted by Gasteiger charge is 2.17.